The molecule has 0 radical (unpaired) electrons. The lowest BCUT2D eigenvalue weighted by molar-refractivity contribution is 0.318. The zero-order chi connectivity index (χ0) is 9.80. The van der Waals surface area contributed by atoms with E-state index in [0.29, 0.717) is 6.04 Å². The van der Waals surface area contributed by atoms with E-state index in [1.54, 1.807) is 0 Å². The van der Waals surface area contributed by atoms with E-state index in [1.165, 1.54) is 18.7 Å². The SMILES string of the molecule is CNC1CCN(Cc2ccccn2)C1. The predicted molar refractivity (Wildman–Crippen MR) is 57.0 cm³/mol. The van der Waals surface area contributed by atoms with Gasteiger partial charge in [0.05, 0.1) is 5.69 Å². The molecule has 1 aliphatic rings. The minimum Gasteiger partial charge on any atom is -0.316 e. The van der Waals surface area contributed by atoms with Gasteiger partial charge in [0.1, 0.15) is 0 Å². The minimum absolute atomic E-state index is 0.665. The fraction of sp³-hybridized carbons (Fsp3) is 0.545. The lowest BCUT2D eigenvalue weighted by Crippen LogP contribution is -2.29. The first-order valence-corrected chi connectivity index (χ1v) is 5.18. The van der Waals surface area contributed by atoms with Gasteiger partial charge in [0.2, 0.25) is 0 Å². The first-order valence-electron chi connectivity index (χ1n) is 5.18. The lowest BCUT2D eigenvalue weighted by atomic mass is 10.3. The number of rotatable bonds is 3. The molecule has 14 heavy (non-hydrogen) atoms. The molecular formula is C11H17N3. The molecule has 0 aliphatic carbocycles. The van der Waals surface area contributed by atoms with E-state index in [9.17, 15) is 0 Å². The Kier molecular flexibility index (Phi) is 3.11. The number of pyridine rings is 1. The van der Waals surface area contributed by atoms with Crippen LogP contribution in [-0.4, -0.2) is 36.1 Å². The van der Waals surface area contributed by atoms with Gasteiger partial charge >= 0.3 is 0 Å². The Balaban J connectivity index is 1.88. The van der Waals surface area contributed by atoms with Crippen molar-refractivity contribution in [2.45, 2.75) is 19.0 Å². The van der Waals surface area contributed by atoms with Crippen LogP contribution in [0.25, 0.3) is 0 Å². The summed E-state index contributed by atoms with van der Waals surface area (Å²) >= 11 is 0. The maximum Gasteiger partial charge on any atom is 0.0543 e. The van der Waals surface area contributed by atoms with Crippen molar-refractivity contribution in [3.05, 3.63) is 30.1 Å². The van der Waals surface area contributed by atoms with Crippen molar-refractivity contribution >= 4 is 0 Å². The first kappa shape index (κ1) is 9.62. The van der Waals surface area contributed by atoms with Crippen molar-refractivity contribution in [1.82, 2.24) is 15.2 Å². The second-order valence-corrected chi connectivity index (χ2v) is 3.83. The molecule has 1 fully saturated rings. The van der Waals surface area contributed by atoms with Crippen LogP contribution >= 0.6 is 0 Å². The summed E-state index contributed by atoms with van der Waals surface area (Å²) < 4.78 is 0. The second-order valence-electron chi connectivity index (χ2n) is 3.83. The van der Waals surface area contributed by atoms with Crippen LogP contribution in [-0.2, 0) is 6.54 Å². The molecule has 3 nitrogen and oxygen atoms in total. The van der Waals surface area contributed by atoms with Crippen LogP contribution in [0.5, 0.6) is 0 Å². The average molecular weight is 191 g/mol. The molecule has 1 unspecified atom stereocenters. The lowest BCUT2D eigenvalue weighted by Gasteiger charge is -2.14. The summed E-state index contributed by atoms with van der Waals surface area (Å²) in [6.45, 7) is 3.31. The Morgan fingerprint density at radius 1 is 1.57 bits per heavy atom. The van der Waals surface area contributed by atoms with Gasteiger partial charge in [-0.3, -0.25) is 9.88 Å². The number of nitrogens with zero attached hydrogens (tertiary/aromatic N) is 2. The molecule has 1 saturated heterocycles. The summed E-state index contributed by atoms with van der Waals surface area (Å²) in [4.78, 5) is 6.78. The van der Waals surface area contributed by atoms with E-state index >= 15 is 0 Å². The van der Waals surface area contributed by atoms with Gasteiger partial charge in [-0.15, -0.1) is 0 Å². The number of likely N-dealkylation sites (N-methyl/N-ethyl adjacent to an activating group) is 1. The van der Waals surface area contributed by atoms with E-state index in [1.807, 2.05) is 25.4 Å². The van der Waals surface area contributed by atoms with Crippen LogP contribution in [0.3, 0.4) is 0 Å². The summed E-state index contributed by atoms with van der Waals surface area (Å²) in [5.41, 5.74) is 1.17. The van der Waals surface area contributed by atoms with E-state index in [2.05, 4.69) is 21.3 Å². The van der Waals surface area contributed by atoms with Crippen molar-refractivity contribution in [2.75, 3.05) is 20.1 Å². The topological polar surface area (TPSA) is 28.2 Å². The molecule has 1 N–H and O–H groups in total. The molecular weight excluding hydrogens is 174 g/mol. The monoisotopic (exact) mass is 191 g/mol. The fourth-order valence-corrected chi connectivity index (χ4v) is 1.93. The molecule has 2 heterocycles. The first-order chi connectivity index (χ1) is 6.88. The van der Waals surface area contributed by atoms with Crippen molar-refractivity contribution in [1.29, 1.82) is 0 Å². The molecule has 0 bridgehead atoms. The largest absolute Gasteiger partial charge is 0.316 e. The highest BCUT2D eigenvalue weighted by molar-refractivity contribution is 5.03. The molecule has 0 amide bonds. The quantitative estimate of drug-likeness (QED) is 0.768. The summed E-state index contributed by atoms with van der Waals surface area (Å²) in [6, 6.07) is 6.77. The summed E-state index contributed by atoms with van der Waals surface area (Å²) in [5.74, 6) is 0. The highest BCUT2D eigenvalue weighted by atomic mass is 15.2. The molecule has 1 aromatic rings. The van der Waals surface area contributed by atoms with E-state index < -0.39 is 0 Å². The fourth-order valence-electron chi connectivity index (χ4n) is 1.93. The predicted octanol–water partition coefficient (Wildman–Crippen LogP) is 0.875. The minimum atomic E-state index is 0.665. The molecule has 0 spiro atoms. The van der Waals surface area contributed by atoms with Gasteiger partial charge in [-0.2, -0.15) is 0 Å². The van der Waals surface area contributed by atoms with Gasteiger partial charge in [-0.05, 0) is 25.6 Å². The van der Waals surface area contributed by atoms with Crippen LogP contribution < -0.4 is 5.32 Å². The number of hydrogen-bond donors (Lipinski definition) is 1. The average Bonchev–Trinajstić information content (AvgIpc) is 2.67. The highest BCUT2D eigenvalue weighted by Gasteiger charge is 2.20. The summed E-state index contributed by atoms with van der Waals surface area (Å²) in [6.07, 6.45) is 3.12. The van der Waals surface area contributed by atoms with Crippen molar-refractivity contribution in [2.24, 2.45) is 0 Å². The van der Waals surface area contributed by atoms with Gasteiger partial charge < -0.3 is 5.32 Å². The standard InChI is InChI=1S/C11H17N3/c1-12-10-5-7-14(8-10)9-11-4-2-3-6-13-11/h2-4,6,10,12H,5,7-9H2,1H3. The summed E-state index contributed by atoms with van der Waals surface area (Å²) in [5, 5.41) is 3.32. The van der Waals surface area contributed by atoms with Crippen molar-refractivity contribution in [3.8, 4) is 0 Å². The summed E-state index contributed by atoms with van der Waals surface area (Å²) in [7, 11) is 2.04. The van der Waals surface area contributed by atoms with Gasteiger partial charge in [0.15, 0.2) is 0 Å². The Hall–Kier alpha value is -0.930. The van der Waals surface area contributed by atoms with Crippen molar-refractivity contribution < 1.29 is 0 Å². The van der Waals surface area contributed by atoms with Crippen molar-refractivity contribution in [3.63, 3.8) is 0 Å². The maximum atomic E-state index is 4.33. The normalized spacial score (nSPS) is 22.8. The molecule has 1 aliphatic heterocycles. The molecule has 1 atom stereocenters. The zero-order valence-corrected chi connectivity index (χ0v) is 8.61. The number of likely N-dealkylation sites (tertiary alicyclic amines) is 1. The van der Waals surface area contributed by atoms with E-state index in [0.717, 1.165) is 13.1 Å². The third-order valence-electron chi connectivity index (χ3n) is 2.79. The van der Waals surface area contributed by atoms with Crippen LogP contribution in [0.2, 0.25) is 0 Å². The third kappa shape index (κ3) is 2.30. The van der Waals surface area contributed by atoms with E-state index in [4.69, 9.17) is 0 Å². The molecule has 1 aromatic heterocycles. The van der Waals surface area contributed by atoms with E-state index in [-0.39, 0.29) is 0 Å². The van der Waals surface area contributed by atoms with Crippen LogP contribution in [0.1, 0.15) is 12.1 Å². The molecule has 0 saturated carbocycles. The Bertz CT molecular complexity index is 273. The maximum absolute atomic E-state index is 4.33. The van der Waals surface area contributed by atoms with Crippen LogP contribution in [0.4, 0.5) is 0 Å². The Morgan fingerprint density at radius 3 is 3.14 bits per heavy atom. The number of hydrogen-bond acceptors (Lipinski definition) is 3. The molecule has 2 rings (SSSR count). The second kappa shape index (κ2) is 4.53. The van der Waals surface area contributed by atoms with Gasteiger partial charge in [0, 0.05) is 31.9 Å². The van der Waals surface area contributed by atoms with Gasteiger partial charge in [-0.25, -0.2) is 0 Å². The van der Waals surface area contributed by atoms with Gasteiger partial charge in [-0.1, -0.05) is 6.07 Å². The molecule has 3 heteroatoms. The Labute approximate surface area is 85.1 Å². The van der Waals surface area contributed by atoms with Crippen LogP contribution in [0.15, 0.2) is 24.4 Å². The Morgan fingerprint density at radius 2 is 2.50 bits per heavy atom. The molecule has 76 valence electrons. The molecule has 0 aromatic carbocycles. The highest BCUT2D eigenvalue weighted by Crippen LogP contribution is 2.11. The number of aromatic nitrogens is 1. The van der Waals surface area contributed by atoms with Crippen LogP contribution in [0, 0.1) is 0 Å². The third-order valence-corrected chi connectivity index (χ3v) is 2.79. The smallest absolute Gasteiger partial charge is 0.0543 e. The zero-order valence-electron chi connectivity index (χ0n) is 8.61. The van der Waals surface area contributed by atoms with Gasteiger partial charge in [0.25, 0.3) is 0 Å². The number of nitrogens with one attached hydrogen (secondary N) is 1.